The number of halogens is 6. The molecule has 1 saturated heterocycles. The van der Waals surface area contributed by atoms with Crippen molar-refractivity contribution in [1.82, 2.24) is 5.32 Å². The van der Waals surface area contributed by atoms with Crippen LogP contribution in [0, 0.1) is 0 Å². The molecule has 1 aromatic carbocycles. The number of hydrogen-bond donors (Lipinski definition) is 1. The maximum absolute atomic E-state index is 12.7. The Morgan fingerprint density at radius 1 is 1.11 bits per heavy atom. The van der Waals surface area contributed by atoms with E-state index in [0.29, 0.717) is 18.8 Å². The molecule has 1 aliphatic rings. The van der Waals surface area contributed by atoms with E-state index in [2.05, 4.69) is 5.32 Å². The van der Waals surface area contributed by atoms with Gasteiger partial charge in [-0.05, 0) is 18.2 Å². The lowest BCUT2D eigenvalue weighted by Gasteiger charge is -2.30. The fraction of sp³-hybridized carbons (Fsp3) is 0.455. The Morgan fingerprint density at radius 2 is 1.68 bits per heavy atom. The third kappa shape index (κ3) is 4.60. The van der Waals surface area contributed by atoms with Crippen LogP contribution in [0.4, 0.5) is 18.9 Å². The van der Waals surface area contributed by atoms with Gasteiger partial charge in [0.25, 0.3) is 0 Å². The lowest BCUT2D eigenvalue weighted by Crippen LogP contribution is -2.43. The summed E-state index contributed by atoms with van der Waals surface area (Å²) in [5.41, 5.74) is -0.196. The fourth-order valence-electron chi connectivity index (χ4n) is 1.85. The van der Waals surface area contributed by atoms with Crippen LogP contribution in [0.1, 0.15) is 5.56 Å². The monoisotopic (exact) mass is 336 g/mol. The van der Waals surface area contributed by atoms with E-state index in [9.17, 15) is 13.2 Å². The van der Waals surface area contributed by atoms with Gasteiger partial charge in [-0.1, -0.05) is 11.6 Å². The number of nitrogens with zero attached hydrogens (tertiary/aromatic N) is 1. The van der Waals surface area contributed by atoms with Crippen molar-refractivity contribution in [3.05, 3.63) is 28.8 Å². The van der Waals surface area contributed by atoms with Crippen LogP contribution in [0.25, 0.3) is 0 Å². The smallest absolute Gasteiger partial charge is 0.369 e. The van der Waals surface area contributed by atoms with Crippen molar-refractivity contribution in [3.63, 3.8) is 0 Å². The predicted octanol–water partition coefficient (Wildman–Crippen LogP) is 3.61. The Hall–Kier alpha value is -0.360. The summed E-state index contributed by atoms with van der Waals surface area (Å²) >= 11 is 5.57. The SMILES string of the molecule is Cl.Cl.FC(F)(F)c1cc(N2CCNCC2)ccc1Cl. The molecule has 1 N–H and O–H groups in total. The molecule has 0 radical (unpaired) electrons. The first-order valence-corrected chi connectivity index (χ1v) is 5.69. The number of nitrogens with one attached hydrogen (secondary N) is 1. The second-order valence-electron chi connectivity index (χ2n) is 3.90. The van der Waals surface area contributed by atoms with E-state index >= 15 is 0 Å². The molecule has 1 aromatic rings. The van der Waals surface area contributed by atoms with Crippen molar-refractivity contribution in [1.29, 1.82) is 0 Å². The zero-order valence-corrected chi connectivity index (χ0v) is 12.2. The van der Waals surface area contributed by atoms with E-state index in [4.69, 9.17) is 11.6 Å². The van der Waals surface area contributed by atoms with Crippen LogP contribution >= 0.6 is 36.4 Å². The molecule has 2 rings (SSSR count). The minimum atomic E-state index is -4.40. The van der Waals surface area contributed by atoms with Crippen LogP contribution in [0.5, 0.6) is 0 Å². The molecule has 2 nitrogen and oxygen atoms in total. The van der Waals surface area contributed by atoms with Gasteiger partial charge in [0, 0.05) is 31.9 Å². The predicted molar refractivity (Wildman–Crippen MR) is 76.0 cm³/mol. The van der Waals surface area contributed by atoms with E-state index in [1.165, 1.54) is 6.07 Å². The molecule has 0 bridgehead atoms. The Labute approximate surface area is 127 Å². The lowest BCUT2D eigenvalue weighted by molar-refractivity contribution is -0.137. The summed E-state index contributed by atoms with van der Waals surface area (Å²) in [4.78, 5) is 1.92. The minimum absolute atomic E-state index is 0. The molecule has 1 aliphatic heterocycles. The summed E-state index contributed by atoms with van der Waals surface area (Å²) in [6.45, 7) is 2.98. The van der Waals surface area contributed by atoms with Gasteiger partial charge < -0.3 is 10.2 Å². The van der Waals surface area contributed by atoms with E-state index in [-0.39, 0.29) is 29.8 Å². The summed E-state index contributed by atoms with van der Waals surface area (Å²) in [7, 11) is 0. The van der Waals surface area contributed by atoms with Crippen LogP contribution in [0.15, 0.2) is 18.2 Å². The number of alkyl halides is 3. The molecule has 0 aliphatic carbocycles. The lowest BCUT2D eigenvalue weighted by atomic mass is 10.1. The molecule has 0 amide bonds. The summed E-state index contributed by atoms with van der Waals surface area (Å²) in [5.74, 6) is 0. The van der Waals surface area contributed by atoms with Crippen LogP contribution in [0.2, 0.25) is 5.02 Å². The number of hydrogen-bond acceptors (Lipinski definition) is 2. The highest BCUT2D eigenvalue weighted by atomic mass is 35.5. The van der Waals surface area contributed by atoms with Crippen LogP contribution in [-0.4, -0.2) is 26.2 Å². The maximum Gasteiger partial charge on any atom is 0.417 e. The van der Waals surface area contributed by atoms with Gasteiger partial charge in [0.05, 0.1) is 10.6 Å². The summed E-state index contributed by atoms with van der Waals surface area (Å²) in [5, 5.41) is 2.90. The van der Waals surface area contributed by atoms with Gasteiger partial charge in [0.2, 0.25) is 0 Å². The Morgan fingerprint density at radius 3 is 2.21 bits per heavy atom. The summed E-state index contributed by atoms with van der Waals surface area (Å²) < 4.78 is 38.0. The number of piperazine rings is 1. The highest BCUT2D eigenvalue weighted by Crippen LogP contribution is 2.36. The first kappa shape index (κ1) is 18.6. The van der Waals surface area contributed by atoms with Gasteiger partial charge in [-0.3, -0.25) is 0 Å². The van der Waals surface area contributed by atoms with Crippen molar-refractivity contribution in [3.8, 4) is 0 Å². The first-order valence-electron chi connectivity index (χ1n) is 5.31. The second kappa shape index (κ2) is 7.43. The number of benzene rings is 1. The molecule has 0 saturated carbocycles. The van der Waals surface area contributed by atoms with E-state index in [0.717, 1.165) is 19.2 Å². The normalized spacial score (nSPS) is 15.5. The molecule has 0 spiro atoms. The fourth-order valence-corrected chi connectivity index (χ4v) is 2.07. The van der Waals surface area contributed by atoms with Gasteiger partial charge >= 0.3 is 6.18 Å². The summed E-state index contributed by atoms with van der Waals surface area (Å²) in [6.07, 6.45) is -4.40. The zero-order chi connectivity index (χ0) is 12.5. The van der Waals surface area contributed by atoms with Crippen LogP contribution in [0.3, 0.4) is 0 Å². The molecule has 110 valence electrons. The Kier molecular flexibility index (Phi) is 7.29. The standard InChI is InChI=1S/C11H12ClF3N2.2ClH/c12-10-2-1-8(7-9(10)11(13,14)15)17-5-3-16-4-6-17;;/h1-2,7,16H,3-6H2;2*1H. The molecular weight excluding hydrogens is 323 g/mol. The number of anilines is 1. The van der Waals surface area contributed by atoms with Crippen molar-refractivity contribution in [2.75, 3.05) is 31.1 Å². The third-order valence-electron chi connectivity index (χ3n) is 2.74. The molecule has 0 unspecified atom stereocenters. The van der Waals surface area contributed by atoms with E-state index in [1.54, 1.807) is 6.07 Å². The van der Waals surface area contributed by atoms with Gasteiger partial charge in [-0.2, -0.15) is 13.2 Å². The molecule has 1 heterocycles. The Bertz CT molecular complexity index is 407. The van der Waals surface area contributed by atoms with Gasteiger partial charge in [-0.25, -0.2) is 0 Å². The molecular formula is C11H14Cl3F3N2. The first-order chi connectivity index (χ1) is 7.98. The second-order valence-corrected chi connectivity index (χ2v) is 4.31. The Balaban J connectivity index is 0.00000162. The maximum atomic E-state index is 12.7. The molecule has 1 fully saturated rings. The molecule has 0 aromatic heterocycles. The quantitative estimate of drug-likeness (QED) is 0.842. The minimum Gasteiger partial charge on any atom is -0.369 e. The number of rotatable bonds is 1. The van der Waals surface area contributed by atoms with Gasteiger partial charge in [-0.15, -0.1) is 24.8 Å². The van der Waals surface area contributed by atoms with Gasteiger partial charge in [0.1, 0.15) is 0 Å². The van der Waals surface area contributed by atoms with E-state index < -0.39 is 11.7 Å². The average Bonchev–Trinajstić information content (AvgIpc) is 2.29. The highest BCUT2D eigenvalue weighted by molar-refractivity contribution is 6.31. The van der Waals surface area contributed by atoms with Crippen molar-refractivity contribution in [2.45, 2.75) is 6.18 Å². The largest absolute Gasteiger partial charge is 0.417 e. The highest BCUT2D eigenvalue weighted by Gasteiger charge is 2.33. The molecule has 8 heteroatoms. The molecule has 0 atom stereocenters. The topological polar surface area (TPSA) is 15.3 Å². The molecule has 19 heavy (non-hydrogen) atoms. The van der Waals surface area contributed by atoms with Gasteiger partial charge in [0.15, 0.2) is 0 Å². The summed E-state index contributed by atoms with van der Waals surface area (Å²) in [6, 6.07) is 4.05. The zero-order valence-electron chi connectivity index (χ0n) is 9.84. The van der Waals surface area contributed by atoms with Crippen LogP contribution < -0.4 is 10.2 Å². The van der Waals surface area contributed by atoms with Crippen molar-refractivity contribution < 1.29 is 13.2 Å². The average molecular weight is 338 g/mol. The van der Waals surface area contributed by atoms with E-state index in [1.807, 2.05) is 4.90 Å². The van der Waals surface area contributed by atoms with Crippen molar-refractivity contribution in [2.24, 2.45) is 0 Å². The van der Waals surface area contributed by atoms with Crippen LogP contribution in [-0.2, 0) is 6.18 Å². The third-order valence-corrected chi connectivity index (χ3v) is 3.07. The van der Waals surface area contributed by atoms with Crippen molar-refractivity contribution >= 4 is 42.1 Å².